The second kappa shape index (κ2) is 4.58. The third-order valence-corrected chi connectivity index (χ3v) is 3.43. The molecule has 0 saturated heterocycles. The van der Waals surface area contributed by atoms with Crippen molar-refractivity contribution in [1.82, 2.24) is 4.73 Å². The molecule has 5 nitrogen and oxygen atoms in total. The Hall–Kier alpha value is -1.60. The van der Waals surface area contributed by atoms with E-state index in [1.807, 2.05) is 0 Å². The maximum atomic E-state index is 13.3. The molecule has 1 heterocycles. The Balaban J connectivity index is 2.54. The highest BCUT2D eigenvalue weighted by atomic mass is 79.9. The van der Waals surface area contributed by atoms with Crippen molar-refractivity contribution in [3.05, 3.63) is 34.2 Å². The zero-order valence-corrected chi connectivity index (χ0v) is 10.7. The van der Waals surface area contributed by atoms with E-state index >= 15 is 0 Å². The summed E-state index contributed by atoms with van der Waals surface area (Å²) in [5.74, 6) is -1.64. The number of halogens is 2. The molecular formula is C11H10BrFN2O3. The molecule has 1 aromatic heterocycles. The molecule has 1 unspecified atom stereocenters. The maximum absolute atomic E-state index is 13.3. The molecule has 0 amide bonds. The normalized spacial score (nSPS) is 12.8. The summed E-state index contributed by atoms with van der Waals surface area (Å²) in [6.07, 6.45) is 1.38. The monoisotopic (exact) mass is 316 g/mol. The van der Waals surface area contributed by atoms with E-state index in [4.69, 9.17) is 10.8 Å². The maximum Gasteiger partial charge on any atom is 0.320 e. The van der Waals surface area contributed by atoms with Crippen LogP contribution in [0.5, 0.6) is 0 Å². The van der Waals surface area contributed by atoms with Crippen LogP contribution in [0.1, 0.15) is 5.56 Å². The van der Waals surface area contributed by atoms with Crippen molar-refractivity contribution in [1.29, 1.82) is 0 Å². The Morgan fingerprint density at radius 2 is 2.22 bits per heavy atom. The molecule has 0 aliphatic carbocycles. The lowest BCUT2D eigenvalue weighted by molar-refractivity contribution is -0.138. The van der Waals surface area contributed by atoms with Crippen LogP contribution in [-0.4, -0.2) is 27.1 Å². The molecule has 0 radical (unpaired) electrons. The van der Waals surface area contributed by atoms with Gasteiger partial charge in [-0.2, -0.15) is 4.73 Å². The van der Waals surface area contributed by atoms with E-state index in [0.29, 0.717) is 10.9 Å². The molecule has 1 atom stereocenters. The van der Waals surface area contributed by atoms with E-state index < -0.39 is 17.8 Å². The van der Waals surface area contributed by atoms with Gasteiger partial charge in [-0.25, -0.2) is 4.39 Å². The highest BCUT2D eigenvalue weighted by Crippen LogP contribution is 2.30. The van der Waals surface area contributed by atoms with Gasteiger partial charge in [0.25, 0.3) is 0 Å². The standard InChI is InChI=1S/C11H10BrFN2O3/c12-9-7(13)2-1-6-5(3-8(14)11(16)17)4-15(18)10(6)9/h1-2,4,8,18H,3,14H2,(H,16,17). The first-order chi connectivity index (χ1) is 8.41. The van der Waals surface area contributed by atoms with Gasteiger partial charge in [-0.05, 0) is 33.6 Å². The molecule has 0 bridgehead atoms. The van der Waals surface area contributed by atoms with E-state index in [1.54, 1.807) is 0 Å². The summed E-state index contributed by atoms with van der Waals surface area (Å²) in [5.41, 5.74) is 6.24. The first-order valence-corrected chi connectivity index (χ1v) is 5.86. The van der Waals surface area contributed by atoms with Crippen molar-refractivity contribution in [2.75, 3.05) is 0 Å². The second-order valence-electron chi connectivity index (χ2n) is 3.91. The average Bonchev–Trinajstić information content (AvgIpc) is 2.61. The fourth-order valence-electron chi connectivity index (χ4n) is 1.79. The van der Waals surface area contributed by atoms with Gasteiger partial charge < -0.3 is 16.0 Å². The topological polar surface area (TPSA) is 88.5 Å². The number of aromatic nitrogens is 1. The molecule has 0 saturated carbocycles. The lowest BCUT2D eigenvalue weighted by atomic mass is 10.1. The van der Waals surface area contributed by atoms with E-state index in [0.717, 1.165) is 4.73 Å². The summed E-state index contributed by atoms with van der Waals surface area (Å²) in [4.78, 5) is 10.7. The number of rotatable bonds is 3. The molecule has 18 heavy (non-hydrogen) atoms. The number of nitrogens with zero attached hydrogens (tertiary/aromatic N) is 1. The minimum atomic E-state index is -1.13. The molecule has 2 rings (SSSR count). The van der Waals surface area contributed by atoms with Crippen LogP contribution in [-0.2, 0) is 11.2 Å². The number of carboxylic acids is 1. The third-order valence-electron chi connectivity index (χ3n) is 2.68. The first-order valence-electron chi connectivity index (χ1n) is 5.07. The highest BCUT2D eigenvalue weighted by molar-refractivity contribution is 9.10. The Kier molecular flexibility index (Phi) is 3.27. The molecule has 0 spiro atoms. The van der Waals surface area contributed by atoms with Gasteiger partial charge in [0.1, 0.15) is 17.4 Å². The van der Waals surface area contributed by atoms with E-state index in [1.165, 1.54) is 18.3 Å². The number of fused-ring (bicyclic) bond motifs is 1. The van der Waals surface area contributed by atoms with Crippen molar-refractivity contribution in [3.63, 3.8) is 0 Å². The molecule has 0 aliphatic rings. The summed E-state index contributed by atoms with van der Waals surface area (Å²) in [5, 5.41) is 19.0. The largest absolute Gasteiger partial charge is 0.480 e. The van der Waals surface area contributed by atoms with Crippen molar-refractivity contribution < 1.29 is 19.5 Å². The van der Waals surface area contributed by atoms with Gasteiger partial charge in [0.05, 0.1) is 4.47 Å². The Bertz CT molecular complexity index is 626. The van der Waals surface area contributed by atoms with Crippen molar-refractivity contribution >= 4 is 32.8 Å². The van der Waals surface area contributed by atoms with Crippen LogP contribution < -0.4 is 5.73 Å². The number of benzene rings is 1. The average molecular weight is 317 g/mol. The van der Waals surface area contributed by atoms with Gasteiger partial charge >= 0.3 is 5.97 Å². The smallest absolute Gasteiger partial charge is 0.320 e. The van der Waals surface area contributed by atoms with Gasteiger partial charge in [-0.1, -0.05) is 0 Å². The number of carboxylic acid groups (broad SMARTS) is 1. The zero-order valence-electron chi connectivity index (χ0n) is 9.10. The second-order valence-corrected chi connectivity index (χ2v) is 4.70. The van der Waals surface area contributed by atoms with Crippen LogP contribution in [0.2, 0.25) is 0 Å². The molecule has 0 aliphatic heterocycles. The number of aliphatic carboxylic acids is 1. The minimum absolute atomic E-state index is 0.0530. The molecule has 4 N–H and O–H groups in total. The number of hydrogen-bond acceptors (Lipinski definition) is 3. The molecule has 1 aromatic carbocycles. The van der Waals surface area contributed by atoms with Crippen LogP contribution in [0, 0.1) is 5.82 Å². The van der Waals surface area contributed by atoms with Gasteiger partial charge in [-0.15, -0.1) is 0 Å². The lowest BCUT2D eigenvalue weighted by Gasteiger charge is -2.04. The van der Waals surface area contributed by atoms with E-state index in [9.17, 15) is 14.4 Å². The van der Waals surface area contributed by atoms with Crippen molar-refractivity contribution in [2.24, 2.45) is 5.73 Å². The quantitative estimate of drug-likeness (QED) is 0.752. The van der Waals surface area contributed by atoms with Gasteiger partial charge in [0.15, 0.2) is 0 Å². The molecule has 7 heteroatoms. The van der Waals surface area contributed by atoms with Crippen LogP contribution in [0.3, 0.4) is 0 Å². The fraction of sp³-hybridized carbons (Fsp3) is 0.182. The minimum Gasteiger partial charge on any atom is -0.480 e. The van der Waals surface area contributed by atoms with Gasteiger partial charge in [0, 0.05) is 18.0 Å². The Morgan fingerprint density at radius 3 is 2.83 bits per heavy atom. The molecular weight excluding hydrogens is 307 g/mol. The third kappa shape index (κ3) is 2.06. The number of carbonyl (C=O) groups is 1. The van der Waals surface area contributed by atoms with Crippen LogP contribution in [0.25, 0.3) is 10.9 Å². The van der Waals surface area contributed by atoms with Crippen LogP contribution in [0.4, 0.5) is 4.39 Å². The van der Waals surface area contributed by atoms with Crippen molar-refractivity contribution in [2.45, 2.75) is 12.5 Å². The summed E-state index contributed by atoms with van der Waals surface area (Å²) in [6.45, 7) is 0. The summed E-state index contributed by atoms with van der Waals surface area (Å²) < 4.78 is 14.2. The summed E-state index contributed by atoms with van der Waals surface area (Å²) in [7, 11) is 0. The molecule has 2 aromatic rings. The van der Waals surface area contributed by atoms with Gasteiger partial charge in [0.2, 0.25) is 0 Å². The fourth-order valence-corrected chi connectivity index (χ4v) is 2.32. The first kappa shape index (κ1) is 12.8. The Labute approximate surface area is 110 Å². The lowest BCUT2D eigenvalue weighted by Crippen LogP contribution is -2.32. The highest BCUT2D eigenvalue weighted by Gasteiger charge is 2.18. The molecule has 0 fully saturated rings. The Morgan fingerprint density at radius 1 is 1.56 bits per heavy atom. The summed E-state index contributed by atoms with van der Waals surface area (Å²) in [6, 6.07) is 1.65. The zero-order chi connectivity index (χ0) is 13.4. The summed E-state index contributed by atoms with van der Waals surface area (Å²) >= 11 is 3.04. The van der Waals surface area contributed by atoms with Gasteiger partial charge in [-0.3, -0.25) is 4.79 Å². The molecule has 96 valence electrons. The number of nitrogens with two attached hydrogens (primary N) is 1. The van der Waals surface area contributed by atoms with Crippen LogP contribution >= 0.6 is 15.9 Å². The van der Waals surface area contributed by atoms with E-state index in [2.05, 4.69) is 15.9 Å². The predicted molar refractivity (Wildman–Crippen MR) is 66.1 cm³/mol. The predicted octanol–water partition coefficient (Wildman–Crippen LogP) is 1.73. The number of hydrogen-bond donors (Lipinski definition) is 3. The van der Waals surface area contributed by atoms with Crippen LogP contribution in [0.15, 0.2) is 22.8 Å². The SMILES string of the molecule is NC(Cc1cn(O)c2c(Br)c(F)ccc12)C(=O)O. The van der Waals surface area contributed by atoms with E-state index in [-0.39, 0.29) is 16.4 Å². The van der Waals surface area contributed by atoms with Crippen molar-refractivity contribution in [3.8, 4) is 0 Å².